The van der Waals surface area contributed by atoms with Crippen molar-refractivity contribution < 1.29 is 28.5 Å². The van der Waals surface area contributed by atoms with Gasteiger partial charge >= 0.3 is 5.97 Å². The van der Waals surface area contributed by atoms with Gasteiger partial charge in [0.1, 0.15) is 23.4 Å². The maximum absolute atomic E-state index is 14.5. The molecule has 3 aliphatic heterocycles. The molecular weight excluding hydrogens is 525 g/mol. The van der Waals surface area contributed by atoms with E-state index < -0.39 is 12.0 Å². The molecule has 4 heterocycles. The van der Waals surface area contributed by atoms with Crippen LogP contribution in [0.25, 0.3) is 0 Å². The number of unbranched alkanes of at least 4 members (excludes halogenated alkanes) is 1. The number of likely N-dealkylation sites (tertiary alicyclic amines) is 1. The predicted octanol–water partition coefficient (Wildman–Crippen LogP) is 5.32. The average Bonchev–Trinajstić information content (AvgIpc) is 3.41. The Bertz CT molecular complexity index is 1130. The number of halogens is 1. The van der Waals surface area contributed by atoms with Crippen LogP contribution in [0.2, 0.25) is 0 Å². The van der Waals surface area contributed by atoms with Crippen LogP contribution in [0, 0.1) is 11.3 Å². The minimum atomic E-state index is -0.935. The van der Waals surface area contributed by atoms with Gasteiger partial charge in [-0.3, -0.25) is 9.69 Å². The third kappa shape index (κ3) is 7.30. The van der Waals surface area contributed by atoms with E-state index in [1.165, 1.54) is 11.6 Å². The number of nitrogens with zero attached hydrogens (tertiary/aromatic N) is 2. The lowest BCUT2D eigenvalue weighted by Gasteiger charge is -2.41. The maximum atomic E-state index is 14.5. The third-order valence-corrected chi connectivity index (χ3v) is 9.07. The topological polar surface area (TPSA) is 93.2 Å². The fourth-order valence-electron chi connectivity index (χ4n) is 6.75. The van der Waals surface area contributed by atoms with Gasteiger partial charge < -0.3 is 24.6 Å². The van der Waals surface area contributed by atoms with Crippen molar-refractivity contribution in [1.29, 1.82) is 0 Å². The second-order valence-electron chi connectivity index (χ2n) is 12.8. The number of hydrogen-bond acceptors (Lipinski definition) is 7. The molecule has 2 N–H and O–H groups in total. The first-order valence-corrected chi connectivity index (χ1v) is 15.3. The first-order valence-electron chi connectivity index (χ1n) is 15.3. The van der Waals surface area contributed by atoms with Gasteiger partial charge in [-0.2, -0.15) is 0 Å². The van der Waals surface area contributed by atoms with Crippen LogP contribution >= 0.6 is 0 Å². The summed E-state index contributed by atoms with van der Waals surface area (Å²) >= 11 is 0. The number of nitrogens with one attached hydrogen (secondary N) is 1. The van der Waals surface area contributed by atoms with E-state index in [4.69, 9.17) is 19.2 Å². The van der Waals surface area contributed by atoms with Crippen molar-refractivity contribution in [2.75, 3.05) is 45.3 Å². The van der Waals surface area contributed by atoms with E-state index in [2.05, 4.69) is 25.2 Å². The minimum Gasteiger partial charge on any atom is -0.496 e. The fraction of sp³-hybridized carbons (Fsp3) is 0.688. The number of ether oxygens (including phenoxy) is 3. The SMILES string of the molecule is COc1cc(CCCCO[C@@H]2CCN([C@H](C(=O)O)C3=CC(F)=CCC3[C@H]3CCC(C)(C)CO3)C2)nc2c1CCCN2. The van der Waals surface area contributed by atoms with Crippen molar-refractivity contribution in [1.82, 2.24) is 9.88 Å². The molecule has 0 amide bonds. The number of aliphatic carboxylic acids is 1. The van der Waals surface area contributed by atoms with E-state index in [-0.39, 0.29) is 29.4 Å². The number of pyridine rings is 1. The monoisotopic (exact) mass is 571 g/mol. The highest BCUT2D eigenvalue weighted by Crippen LogP contribution is 2.40. The molecule has 4 atom stereocenters. The number of fused-ring (bicyclic) bond motifs is 1. The van der Waals surface area contributed by atoms with Crippen molar-refractivity contribution in [2.24, 2.45) is 11.3 Å². The van der Waals surface area contributed by atoms with Crippen molar-refractivity contribution >= 4 is 11.8 Å². The van der Waals surface area contributed by atoms with Crippen LogP contribution in [-0.2, 0) is 27.1 Å². The van der Waals surface area contributed by atoms with Gasteiger partial charge in [0, 0.05) is 49.5 Å². The summed E-state index contributed by atoms with van der Waals surface area (Å²) in [5.41, 5.74) is 2.93. The van der Waals surface area contributed by atoms with Crippen LogP contribution in [0.4, 0.5) is 10.2 Å². The van der Waals surface area contributed by atoms with E-state index in [0.717, 1.165) is 75.2 Å². The zero-order valence-corrected chi connectivity index (χ0v) is 24.8. The molecule has 5 rings (SSSR count). The average molecular weight is 572 g/mol. The highest BCUT2D eigenvalue weighted by Gasteiger charge is 2.42. The van der Waals surface area contributed by atoms with Gasteiger partial charge in [-0.15, -0.1) is 0 Å². The molecule has 0 aromatic carbocycles. The number of methoxy groups -OCH3 is 1. The van der Waals surface area contributed by atoms with E-state index in [0.29, 0.717) is 38.3 Å². The van der Waals surface area contributed by atoms with Gasteiger partial charge in [-0.1, -0.05) is 13.8 Å². The quantitative estimate of drug-likeness (QED) is 0.345. The molecular formula is C32H46FN3O5. The molecule has 0 bridgehead atoms. The molecule has 4 aliphatic rings. The zero-order chi connectivity index (χ0) is 29.0. The molecule has 0 radical (unpaired) electrons. The van der Waals surface area contributed by atoms with Gasteiger partial charge in [0.2, 0.25) is 0 Å². The van der Waals surface area contributed by atoms with Crippen LogP contribution in [0.1, 0.15) is 70.1 Å². The van der Waals surface area contributed by atoms with Crippen LogP contribution in [0.3, 0.4) is 0 Å². The van der Waals surface area contributed by atoms with Crippen LogP contribution < -0.4 is 10.1 Å². The molecule has 8 nitrogen and oxygen atoms in total. The molecule has 0 spiro atoms. The lowest BCUT2D eigenvalue weighted by molar-refractivity contribution is -0.142. The van der Waals surface area contributed by atoms with Crippen molar-refractivity contribution in [2.45, 2.75) is 89.9 Å². The number of aromatic nitrogens is 1. The Morgan fingerprint density at radius 2 is 2.20 bits per heavy atom. The number of rotatable bonds is 11. The maximum Gasteiger partial charge on any atom is 0.325 e. The number of carboxylic acid groups (broad SMARTS) is 1. The summed E-state index contributed by atoms with van der Waals surface area (Å²) < 4.78 is 32.5. The number of carbonyl (C=O) groups is 1. The number of hydrogen-bond donors (Lipinski definition) is 2. The van der Waals surface area contributed by atoms with Crippen molar-refractivity contribution in [3.8, 4) is 5.75 Å². The Hall–Kier alpha value is -2.49. The second-order valence-corrected chi connectivity index (χ2v) is 12.8. The normalized spacial score (nSPS) is 26.9. The summed E-state index contributed by atoms with van der Waals surface area (Å²) in [5, 5.41) is 13.7. The predicted molar refractivity (Wildman–Crippen MR) is 156 cm³/mol. The Labute approximate surface area is 243 Å². The second kappa shape index (κ2) is 13.2. The van der Waals surface area contributed by atoms with Crippen LogP contribution in [0.15, 0.2) is 29.6 Å². The number of aryl methyl sites for hydroxylation is 1. The van der Waals surface area contributed by atoms with Gasteiger partial charge in [-0.25, -0.2) is 9.37 Å². The highest BCUT2D eigenvalue weighted by molar-refractivity contribution is 5.78. The Kier molecular flexibility index (Phi) is 9.66. The molecule has 1 aromatic rings. The standard InChI is InChI=1S/C32H46FN3O5/c1-32(2)13-11-27(41-20-32)24-10-9-21(33)17-26(24)29(31(37)38)36-15-12-23(19-36)40-16-5-4-7-22-18-28(39-3)25-8-6-14-34-30(25)35-22/h9,17-18,23-24,27,29H,4-8,10-16,19-20H2,1-3H3,(H,34,35)(H,37,38)/t23-,24?,27-,29+/m1/s1. The number of allylic oxidation sites excluding steroid dienone is 3. The fourth-order valence-corrected chi connectivity index (χ4v) is 6.75. The molecule has 0 saturated carbocycles. The number of anilines is 1. The summed E-state index contributed by atoms with van der Waals surface area (Å²) in [6.07, 6.45) is 10.8. The molecule has 41 heavy (non-hydrogen) atoms. The summed E-state index contributed by atoms with van der Waals surface area (Å²) in [6.45, 7) is 7.71. The number of carboxylic acids is 1. The van der Waals surface area contributed by atoms with Crippen molar-refractivity contribution in [3.63, 3.8) is 0 Å². The molecule has 1 aliphatic carbocycles. The highest BCUT2D eigenvalue weighted by atomic mass is 19.1. The molecule has 2 saturated heterocycles. The van der Waals surface area contributed by atoms with E-state index in [9.17, 15) is 14.3 Å². The van der Waals surface area contributed by atoms with E-state index in [1.807, 2.05) is 4.90 Å². The molecule has 1 unspecified atom stereocenters. The lowest BCUT2D eigenvalue weighted by Crippen LogP contribution is -2.47. The summed E-state index contributed by atoms with van der Waals surface area (Å²) in [6, 6.07) is 1.18. The Balaban J connectivity index is 1.13. The smallest absolute Gasteiger partial charge is 0.325 e. The van der Waals surface area contributed by atoms with E-state index >= 15 is 0 Å². The first-order chi connectivity index (χ1) is 19.7. The first kappa shape index (κ1) is 30.0. The van der Waals surface area contributed by atoms with Gasteiger partial charge in [0.05, 0.1) is 25.9 Å². The third-order valence-electron chi connectivity index (χ3n) is 9.07. The summed E-state index contributed by atoms with van der Waals surface area (Å²) in [4.78, 5) is 19.3. The Morgan fingerprint density at radius 1 is 1.34 bits per heavy atom. The van der Waals surface area contributed by atoms with E-state index in [1.54, 1.807) is 13.2 Å². The van der Waals surface area contributed by atoms with Gasteiger partial charge in [0.25, 0.3) is 0 Å². The zero-order valence-electron chi connectivity index (χ0n) is 24.8. The molecule has 2 fully saturated rings. The van der Waals surface area contributed by atoms with Crippen LogP contribution in [0.5, 0.6) is 5.75 Å². The van der Waals surface area contributed by atoms with Crippen molar-refractivity contribution in [3.05, 3.63) is 40.9 Å². The Morgan fingerprint density at radius 3 is 2.95 bits per heavy atom. The largest absolute Gasteiger partial charge is 0.496 e. The minimum absolute atomic E-state index is 0.0298. The summed E-state index contributed by atoms with van der Waals surface area (Å²) in [5.74, 6) is 0.447. The molecule has 9 heteroatoms. The lowest BCUT2D eigenvalue weighted by atomic mass is 9.76. The molecule has 226 valence electrons. The van der Waals surface area contributed by atoms with Gasteiger partial charge in [0.15, 0.2) is 0 Å². The molecule has 1 aromatic heterocycles. The van der Waals surface area contributed by atoms with Gasteiger partial charge in [-0.05, 0) is 80.9 Å². The van der Waals surface area contributed by atoms with Crippen LogP contribution in [-0.4, -0.2) is 79.2 Å². The summed E-state index contributed by atoms with van der Waals surface area (Å²) in [7, 11) is 1.71.